The Morgan fingerprint density at radius 1 is 1.23 bits per heavy atom. The molecule has 26 heavy (non-hydrogen) atoms. The number of hydrogen-bond donors (Lipinski definition) is 1. The van der Waals surface area contributed by atoms with Gasteiger partial charge in [0.05, 0.1) is 17.1 Å². The number of ether oxygens (including phenoxy) is 1. The average molecular weight is 358 g/mol. The van der Waals surface area contributed by atoms with E-state index in [9.17, 15) is 9.59 Å². The van der Waals surface area contributed by atoms with Gasteiger partial charge in [0.25, 0.3) is 0 Å². The normalized spacial score (nSPS) is 15.8. The Morgan fingerprint density at radius 2 is 1.96 bits per heavy atom. The molecular formula is C19H26N4O3. The van der Waals surface area contributed by atoms with Crippen LogP contribution >= 0.6 is 0 Å². The van der Waals surface area contributed by atoms with E-state index in [1.165, 1.54) is 13.5 Å². The predicted octanol–water partition coefficient (Wildman–Crippen LogP) is 1.87. The molecule has 0 spiro atoms. The number of fused-ring (bicyclic) bond motifs is 1. The Balaban J connectivity index is 1.86. The molecule has 2 heterocycles. The van der Waals surface area contributed by atoms with Crippen LogP contribution in [-0.4, -0.2) is 53.1 Å². The Labute approximate surface area is 153 Å². The van der Waals surface area contributed by atoms with Gasteiger partial charge in [-0.05, 0) is 38.3 Å². The van der Waals surface area contributed by atoms with Crippen LogP contribution in [0.3, 0.4) is 0 Å². The number of piperidine rings is 1. The second-order valence-corrected chi connectivity index (χ2v) is 6.71. The van der Waals surface area contributed by atoms with Gasteiger partial charge in [-0.3, -0.25) is 9.59 Å². The van der Waals surface area contributed by atoms with Gasteiger partial charge >= 0.3 is 0 Å². The first-order valence-corrected chi connectivity index (χ1v) is 9.11. The molecule has 140 valence electrons. The van der Waals surface area contributed by atoms with Crippen molar-refractivity contribution in [3.05, 3.63) is 30.1 Å². The molecule has 0 saturated carbocycles. The smallest absolute Gasteiger partial charge is 0.246 e. The molecule has 7 nitrogen and oxygen atoms in total. The Morgan fingerprint density at radius 3 is 2.69 bits per heavy atom. The van der Waals surface area contributed by atoms with Gasteiger partial charge in [0.2, 0.25) is 11.8 Å². The monoisotopic (exact) mass is 358 g/mol. The van der Waals surface area contributed by atoms with E-state index in [0.29, 0.717) is 5.82 Å². The van der Waals surface area contributed by atoms with E-state index in [1.54, 1.807) is 0 Å². The molecule has 0 bridgehead atoms. The molecular weight excluding hydrogens is 332 g/mol. The molecule has 2 amide bonds. The number of likely N-dealkylation sites (tertiary alicyclic amines) is 1. The van der Waals surface area contributed by atoms with Gasteiger partial charge < -0.3 is 19.5 Å². The average Bonchev–Trinajstić information content (AvgIpc) is 3.01. The largest absolute Gasteiger partial charge is 0.375 e. The van der Waals surface area contributed by atoms with Crippen molar-refractivity contribution in [3.63, 3.8) is 0 Å². The maximum Gasteiger partial charge on any atom is 0.246 e. The fraction of sp³-hybridized carbons (Fsp3) is 0.526. The second-order valence-electron chi connectivity index (χ2n) is 6.71. The fourth-order valence-electron chi connectivity index (χ4n) is 3.45. The molecule has 0 radical (unpaired) electrons. The fourth-order valence-corrected chi connectivity index (χ4v) is 3.45. The van der Waals surface area contributed by atoms with Crippen LogP contribution in [0.25, 0.3) is 11.0 Å². The summed E-state index contributed by atoms with van der Waals surface area (Å²) >= 11 is 0. The van der Waals surface area contributed by atoms with Gasteiger partial charge in [-0.15, -0.1) is 0 Å². The van der Waals surface area contributed by atoms with E-state index >= 15 is 0 Å². The summed E-state index contributed by atoms with van der Waals surface area (Å²) in [6, 6.07) is 7.41. The summed E-state index contributed by atoms with van der Waals surface area (Å²) in [5.41, 5.74) is 1.72. The van der Waals surface area contributed by atoms with Crippen LogP contribution in [0.2, 0.25) is 0 Å². The number of aromatic nitrogens is 2. The van der Waals surface area contributed by atoms with Crippen LogP contribution in [0.4, 0.5) is 0 Å². The first-order valence-electron chi connectivity index (χ1n) is 9.11. The summed E-state index contributed by atoms with van der Waals surface area (Å²) in [6.45, 7) is 3.75. The van der Waals surface area contributed by atoms with E-state index in [0.717, 1.165) is 37.0 Å². The first-order chi connectivity index (χ1) is 12.6. The number of para-hydroxylation sites is 2. The lowest BCUT2D eigenvalue weighted by molar-refractivity contribution is -0.132. The van der Waals surface area contributed by atoms with Crippen LogP contribution in [0.15, 0.2) is 24.3 Å². The number of rotatable bonds is 6. The van der Waals surface area contributed by atoms with Crippen LogP contribution in [0.5, 0.6) is 0 Å². The minimum absolute atomic E-state index is 0.00270. The highest BCUT2D eigenvalue weighted by Crippen LogP contribution is 2.21. The number of benzene rings is 1. The lowest BCUT2D eigenvalue weighted by Gasteiger charge is -2.27. The van der Waals surface area contributed by atoms with Gasteiger partial charge in [0.1, 0.15) is 19.0 Å². The third-order valence-corrected chi connectivity index (χ3v) is 4.73. The molecule has 3 rings (SSSR count). The summed E-state index contributed by atoms with van der Waals surface area (Å²) in [6.07, 6.45) is 3.31. The highest BCUT2D eigenvalue weighted by atomic mass is 16.5. The molecule has 7 heteroatoms. The van der Waals surface area contributed by atoms with Crippen LogP contribution in [0, 0.1) is 0 Å². The highest BCUT2D eigenvalue weighted by Gasteiger charge is 2.22. The van der Waals surface area contributed by atoms with Crippen LogP contribution in [-0.2, 0) is 20.9 Å². The summed E-state index contributed by atoms with van der Waals surface area (Å²) in [7, 11) is 1.48. The minimum atomic E-state index is -0.320. The van der Waals surface area contributed by atoms with Crippen molar-refractivity contribution in [1.82, 2.24) is 19.8 Å². The number of carbonyl (C=O) groups excluding carboxylic acids is 2. The van der Waals surface area contributed by atoms with Crippen molar-refractivity contribution < 1.29 is 14.3 Å². The zero-order valence-corrected chi connectivity index (χ0v) is 15.4. The van der Waals surface area contributed by atoms with Crippen molar-refractivity contribution in [1.29, 1.82) is 0 Å². The topological polar surface area (TPSA) is 76.5 Å². The van der Waals surface area contributed by atoms with Crippen molar-refractivity contribution in [2.45, 2.75) is 38.8 Å². The molecule has 1 N–H and O–H groups in total. The highest BCUT2D eigenvalue weighted by molar-refractivity contribution is 5.82. The number of nitrogens with one attached hydrogen (secondary N) is 1. The summed E-state index contributed by atoms with van der Waals surface area (Å²) in [5.74, 6) is 0.575. The van der Waals surface area contributed by atoms with E-state index in [1.807, 2.05) is 40.7 Å². The van der Waals surface area contributed by atoms with Gasteiger partial charge in [0.15, 0.2) is 0 Å². The summed E-state index contributed by atoms with van der Waals surface area (Å²) in [4.78, 5) is 31.2. The second kappa shape index (κ2) is 8.31. The molecule has 1 saturated heterocycles. The SMILES string of the molecule is COCC(=O)NC(C)c1nc2ccccc2n1CC(=O)N1CCCCC1. The third kappa shape index (κ3) is 4.04. The van der Waals surface area contributed by atoms with E-state index in [2.05, 4.69) is 10.3 Å². The molecule has 1 aromatic carbocycles. The molecule has 2 aromatic rings. The van der Waals surface area contributed by atoms with Crippen molar-refractivity contribution in [2.75, 3.05) is 26.8 Å². The molecule has 1 aliphatic rings. The van der Waals surface area contributed by atoms with Crippen molar-refractivity contribution >= 4 is 22.8 Å². The molecule has 1 atom stereocenters. The number of imidazole rings is 1. The standard InChI is InChI=1S/C19H26N4O3/c1-14(20-17(24)13-26-2)19-21-15-8-4-5-9-16(15)23(19)12-18(25)22-10-6-3-7-11-22/h4-5,8-9,14H,3,6-7,10-13H2,1-2H3,(H,20,24). The maximum atomic E-state index is 12.8. The molecule has 1 fully saturated rings. The zero-order valence-electron chi connectivity index (χ0n) is 15.4. The Kier molecular flexibility index (Phi) is 5.88. The van der Waals surface area contributed by atoms with Gasteiger partial charge in [-0.1, -0.05) is 12.1 Å². The number of methoxy groups -OCH3 is 1. The maximum absolute atomic E-state index is 12.8. The lowest BCUT2D eigenvalue weighted by Crippen LogP contribution is -2.38. The van der Waals surface area contributed by atoms with Crippen LogP contribution in [0.1, 0.15) is 38.1 Å². The van der Waals surface area contributed by atoms with E-state index in [4.69, 9.17) is 4.74 Å². The zero-order chi connectivity index (χ0) is 18.5. The number of carbonyl (C=O) groups is 2. The molecule has 1 aliphatic heterocycles. The van der Waals surface area contributed by atoms with Crippen molar-refractivity contribution in [3.8, 4) is 0 Å². The van der Waals surface area contributed by atoms with E-state index in [-0.39, 0.29) is 31.0 Å². The molecule has 1 aromatic heterocycles. The summed E-state index contributed by atoms with van der Waals surface area (Å²) in [5, 5.41) is 2.88. The summed E-state index contributed by atoms with van der Waals surface area (Å²) < 4.78 is 6.79. The number of hydrogen-bond acceptors (Lipinski definition) is 4. The van der Waals surface area contributed by atoms with Gasteiger partial charge in [-0.2, -0.15) is 0 Å². The van der Waals surface area contributed by atoms with Crippen molar-refractivity contribution in [2.24, 2.45) is 0 Å². The predicted molar refractivity (Wildman–Crippen MR) is 98.6 cm³/mol. The Bertz CT molecular complexity index is 780. The minimum Gasteiger partial charge on any atom is -0.375 e. The lowest BCUT2D eigenvalue weighted by atomic mass is 10.1. The number of nitrogens with zero attached hydrogens (tertiary/aromatic N) is 3. The van der Waals surface area contributed by atoms with Gasteiger partial charge in [0, 0.05) is 20.2 Å². The molecule has 1 unspecified atom stereocenters. The third-order valence-electron chi connectivity index (χ3n) is 4.73. The first kappa shape index (κ1) is 18.4. The quantitative estimate of drug-likeness (QED) is 0.855. The van der Waals surface area contributed by atoms with Gasteiger partial charge in [-0.25, -0.2) is 4.98 Å². The Hall–Kier alpha value is -2.41. The molecule has 0 aliphatic carbocycles. The van der Waals surface area contributed by atoms with E-state index < -0.39 is 0 Å². The number of amides is 2. The van der Waals surface area contributed by atoms with Crippen LogP contribution < -0.4 is 5.32 Å².